The van der Waals surface area contributed by atoms with E-state index in [2.05, 4.69) is 205 Å². The summed E-state index contributed by atoms with van der Waals surface area (Å²) in [6.07, 6.45) is 33.6. The van der Waals surface area contributed by atoms with E-state index in [1.54, 1.807) is 0 Å². The molecule has 0 unspecified atom stereocenters. The summed E-state index contributed by atoms with van der Waals surface area (Å²) in [5.74, 6) is 0.480. The summed E-state index contributed by atoms with van der Waals surface area (Å²) >= 11 is 0. The summed E-state index contributed by atoms with van der Waals surface area (Å²) in [5, 5.41) is 9.94. The van der Waals surface area contributed by atoms with Crippen LogP contribution in [0.4, 0.5) is 0 Å². The van der Waals surface area contributed by atoms with Gasteiger partial charge >= 0.3 is 0 Å². The summed E-state index contributed by atoms with van der Waals surface area (Å²) in [5.41, 5.74) is 0.868. The first-order chi connectivity index (χ1) is 48.7. The van der Waals surface area contributed by atoms with Crippen molar-refractivity contribution in [2.45, 2.75) is 416 Å². The van der Waals surface area contributed by atoms with Crippen LogP contribution in [0, 0.1) is 22.2 Å². The quantitative estimate of drug-likeness (QED) is 0.178. The van der Waals surface area contributed by atoms with Gasteiger partial charge in [0.25, 0.3) is 0 Å². The van der Waals surface area contributed by atoms with Crippen LogP contribution < -0.4 is 0 Å². The third kappa shape index (κ3) is 41.8. The second-order valence-corrected chi connectivity index (χ2v) is 43.0. The molecule has 0 atom stereocenters. The summed E-state index contributed by atoms with van der Waals surface area (Å²) in [4.78, 5) is 21.0. The number of nitrogens with zero attached hydrogens (tertiary/aromatic N) is 8. The average molecular weight is 1490 g/mol. The van der Waals surface area contributed by atoms with E-state index in [4.69, 9.17) is 28.4 Å². The van der Waals surface area contributed by atoms with Crippen molar-refractivity contribution in [2.24, 2.45) is 22.2 Å². The fourth-order valence-electron chi connectivity index (χ4n) is 18.0. The topological polar surface area (TPSA) is 102 Å². The van der Waals surface area contributed by atoms with Crippen molar-refractivity contribution < 1.29 is 33.5 Å². The molecular weight excluding hydrogens is 1310 g/mol. The zero-order chi connectivity index (χ0) is 78.0. The van der Waals surface area contributed by atoms with Gasteiger partial charge in [0, 0.05) is 89.2 Å². The van der Waals surface area contributed by atoms with Crippen molar-refractivity contribution in [3.8, 4) is 0 Å². The highest BCUT2D eigenvalue weighted by atomic mass is 16.5. The average Bonchev–Trinajstić information content (AvgIpc) is 1.51. The zero-order valence-corrected chi connectivity index (χ0v) is 74.6. The third-order valence-corrected chi connectivity index (χ3v) is 23.2. The SMILES string of the molecule is CC(C)(C)CN1CCC(C(C)(C)O)CC1.CC(C)(C)CN1CCC(N2CCCCC2)CC1.CC(C)(C)OC1CCC(N2CCCC2)CC1.CC(C)(C)OC1CCN(C2COC2)CC1.CC(C)(C)OC1CCOCC1.CC(C)(C)OC1CN(C2CCCCC2)C1.CC(C)N(C)C1CCN(CC(C)(C)C)CC1. The fourth-order valence-corrected chi connectivity index (χ4v) is 18.0. The van der Waals surface area contributed by atoms with Crippen molar-refractivity contribution in [2.75, 3.05) is 145 Å². The van der Waals surface area contributed by atoms with Gasteiger partial charge in [-0.1, -0.05) is 88.0 Å². The lowest BCUT2D eigenvalue weighted by atomic mass is 9.82. The van der Waals surface area contributed by atoms with Crippen LogP contribution in [0.3, 0.4) is 0 Å². The molecule has 0 aromatic rings. The maximum Gasteiger partial charge on any atom is 0.0835 e. The monoisotopic (exact) mass is 1490 g/mol. The summed E-state index contributed by atoms with van der Waals surface area (Å²) in [6, 6.07) is 4.81. The highest BCUT2D eigenvalue weighted by Crippen LogP contribution is 2.34. The van der Waals surface area contributed by atoms with E-state index in [0.717, 1.165) is 89.4 Å². The van der Waals surface area contributed by atoms with Gasteiger partial charge in [-0.3, -0.25) is 9.80 Å². The van der Waals surface area contributed by atoms with Crippen LogP contribution >= 0.6 is 0 Å². The van der Waals surface area contributed by atoms with Crippen LogP contribution in [0.15, 0.2) is 0 Å². The molecule has 0 spiro atoms. The van der Waals surface area contributed by atoms with Crippen LogP contribution in [0.5, 0.6) is 0 Å². The molecule has 622 valence electrons. The van der Waals surface area contributed by atoms with Crippen molar-refractivity contribution in [3.63, 3.8) is 0 Å². The molecule has 0 aromatic carbocycles. The number of ether oxygens (including phenoxy) is 6. The van der Waals surface area contributed by atoms with Gasteiger partial charge in [0.05, 0.1) is 71.7 Å². The normalized spacial score (nSPS) is 25.6. The molecule has 15 heteroatoms. The lowest BCUT2D eigenvalue weighted by molar-refractivity contribution is -0.136. The Kier molecular flexibility index (Phi) is 40.6. The van der Waals surface area contributed by atoms with Gasteiger partial charge in [-0.15, -0.1) is 0 Å². The molecule has 9 saturated heterocycles. The van der Waals surface area contributed by atoms with Crippen LogP contribution in [0.2, 0.25) is 0 Å². The van der Waals surface area contributed by atoms with E-state index < -0.39 is 5.60 Å². The first-order valence-electron chi connectivity index (χ1n) is 44.2. The van der Waals surface area contributed by atoms with Crippen molar-refractivity contribution >= 4 is 0 Å². The molecule has 0 radical (unpaired) electrons. The van der Waals surface area contributed by atoms with Crippen LogP contribution in [-0.2, 0) is 28.4 Å². The molecule has 2 saturated carbocycles. The Morgan fingerprint density at radius 3 is 1.04 bits per heavy atom. The predicted molar refractivity (Wildman–Crippen MR) is 447 cm³/mol. The van der Waals surface area contributed by atoms with E-state index in [1.165, 1.54) is 227 Å². The number of piperidine rings is 5. The molecule has 9 heterocycles. The van der Waals surface area contributed by atoms with Crippen molar-refractivity contribution in [1.82, 2.24) is 39.2 Å². The second kappa shape index (κ2) is 44.9. The number of hydrogen-bond acceptors (Lipinski definition) is 15. The number of aliphatic hydroxyl groups is 1. The first kappa shape index (κ1) is 95.0. The van der Waals surface area contributed by atoms with Gasteiger partial charge in [-0.2, -0.15) is 0 Å². The van der Waals surface area contributed by atoms with Gasteiger partial charge in [0.2, 0.25) is 0 Å². The van der Waals surface area contributed by atoms with Gasteiger partial charge < -0.3 is 62.9 Å². The van der Waals surface area contributed by atoms with E-state index in [9.17, 15) is 5.11 Å². The lowest BCUT2D eigenvalue weighted by Crippen LogP contribution is -2.58. The van der Waals surface area contributed by atoms with Gasteiger partial charge in [0.1, 0.15) is 0 Å². The Hall–Kier alpha value is -0.600. The Bertz CT molecular complexity index is 2160. The van der Waals surface area contributed by atoms with E-state index >= 15 is 0 Å². The predicted octanol–water partition coefficient (Wildman–Crippen LogP) is 18.0. The molecule has 0 bridgehead atoms. The van der Waals surface area contributed by atoms with Gasteiger partial charge in [-0.05, 0) is 334 Å². The molecule has 2 aliphatic carbocycles. The number of rotatable bonds is 14. The molecular formula is C90H180N8O7. The van der Waals surface area contributed by atoms with Crippen LogP contribution in [-0.4, -0.2) is 278 Å². The third-order valence-electron chi connectivity index (χ3n) is 23.2. The molecule has 105 heavy (non-hydrogen) atoms. The Labute approximate surface area is 652 Å². The summed E-state index contributed by atoms with van der Waals surface area (Å²) < 4.78 is 34.3. The second-order valence-electron chi connectivity index (χ2n) is 43.0. The van der Waals surface area contributed by atoms with Crippen LogP contribution in [0.25, 0.3) is 0 Å². The standard InChI is InChI=1S/C15H30N2.C14H30N2.C14H27NO.C13H25NO.C13H27NO.C12H23NO2.C9H18O2/c1-15(2,3)13-16-11-7-14(8-12-16)17-9-5-4-6-10-17;1-12(2)15(6)13-7-9-16(10-8-13)11-14(3,4)5;1-14(2,3)16-13-8-6-12(7-9-13)15-10-4-5-11-15;1-13(2,3)15-12-9-14(10-12)11-7-5-4-6-8-11;1-12(2,3)10-14-8-6-11(7-9-14)13(4,5)15;1-12(2,3)15-11-4-6-13(7-5-11)10-8-14-9-10;1-9(2,3)11-8-4-6-10-7-5-8/h14H,4-13H2,1-3H3;12-13H,7-11H2,1-6H3;12-13H,4-11H2,1-3H3;11-12H,4-10H2,1-3H3;11,15H,6-10H2,1-5H3;10-11H,4-9H2,1-3H3;8H,4-7H2,1-3H3. The van der Waals surface area contributed by atoms with Gasteiger partial charge in [0.15, 0.2) is 0 Å². The largest absolute Gasteiger partial charge is 0.390 e. The van der Waals surface area contributed by atoms with Gasteiger partial charge in [-0.25, -0.2) is 0 Å². The molecule has 0 aromatic heterocycles. The minimum Gasteiger partial charge on any atom is -0.390 e. The molecule has 15 nitrogen and oxygen atoms in total. The molecule has 11 fully saturated rings. The Balaban J connectivity index is 0.000000221. The Morgan fingerprint density at radius 2 is 0.667 bits per heavy atom. The van der Waals surface area contributed by atoms with E-state index in [-0.39, 0.29) is 22.4 Å². The molecule has 9 aliphatic heterocycles. The molecule has 1 N–H and O–H groups in total. The number of hydrogen-bond donors (Lipinski definition) is 1. The highest BCUT2D eigenvalue weighted by Gasteiger charge is 2.38. The molecule has 0 amide bonds. The zero-order valence-electron chi connectivity index (χ0n) is 74.6. The summed E-state index contributed by atoms with van der Waals surface area (Å²) in [7, 11) is 2.27. The van der Waals surface area contributed by atoms with Crippen LogP contribution in [0.1, 0.15) is 327 Å². The number of likely N-dealkylation sites (tertiary alicyclic amines) is 7. The smallest absolute Gasteiger partial charge is 0.0835 e. The highest BCUT2D eigenvalue weighted by molar-refractivity contribution is 4.91. The van der Waals surface area contributed by atoms with E-state index in [0.29, 0.717) is 58.7 Å². The maximum atomic E-state index is 9.94. The maximum absolute atomic E-state index is 9.94. The summed E-state index contributed by atoms with van der Waals surface area (Å²) in [6.45, 7) is 79.9. The minimum absolute atomic E-state index is 0.00199. The Morgan fingerprint density at radius 1 is 0.333 bits per heavy atom. The van der Waals surface area contributed by atoms with E-state index in [1.807, 2.05) is 13.8 Å². The fraction of sp³-hybridized carbons (Fsp3) is 1.00. The molecule has 11 aliphatic rings. The first-order valence-corrected chi connectivity index (χ1v) is 44.2. The van der Waals surface area contributed by atoms with Crippen molar-refractivity contribution in [3.05, 3.63) is 0 Å². The van der Waals surface area contributed by atoms with Crippen molar-refractivity contribution in [1.29, 1.82) is 0 Å². The lowest BCUT2D eigenvalue weighted by Gasteiger charge is -2.47. The molecule has 11 rings (SSSR count). The minimum atomic E-state index is -0.492.